The fourth-order valence-corrected chi connectivity index (χ4v) is 2.94. The van der Waals surface area contributed by atoms with Crippen molar-refractivity contribution in [2.24, 2.45) is 12.8 Å². The Labute approximate surface area is 119 Å². The van der Waals surface area contributed by atoms with Crippen LogP contribution in [0.15, 0.2) is 12.4 Å². The summed E-state index contributed by atoms with van der Waals surface area (Å²) in [5.41, 5.74) is 5.38. The minimum atomic E-state index is -0.840. The van der Waals surface area contributed by atoms with E-state index < -0.39 is 5.54 Å². The summed E-state index contributed by atoms with van der Waals surface area (Å²) in [5.74, 6) is 0.714. The van der Waals surface area contributed by atoms with Crippen LogP contribution >= 0.6 is 0 Å². The molecule has 1 aliphatic carbocycles. The molecule has 2 atom stereocenters. The Morgan fingerprint density at radius 1 is 1.70 bits per heavy atom. The van der Waals surface area contributed by atoms with Crippen LogP contribution < -0.4 is 5.73 Å². The van der Waals surface area contributed by atoms with Crippen LogP contribution in [0.2, 0.25) is 0 Å². The Morgan fingerprint density at radius 3 is 3.05 bits per heavy atom. The molecule has 1 saturated carbocycles. The molecule has 0 bridgehead atoms. The van der Waals surface area contributed by atoms with E-state index in [-0.39, 0.29) is 12.0 Å². The van der Waals surface area contributed by atoms with Gasteiger partial charge < -0.3 is 15.0 Å². The summed E-state index contributed by atoms with van der Waals surface area (Å²) < 4.78 is 6.86. The van der Waals surface area contributed by atoms with Gasteiger partial charge in [-0.1, -0.05) is 0 Å². The van der Waals surface area contributed by atoms with Gasteiger partial charge in [-0.15, -0.1) is 0 Å². The molecule has 0 saturated heterocycles. The van der Waals surface area contributed by atoms with Crippen LogP contribution in [0.3, 0.4) is 0 Å². The smallest absolute Gasteiger partial charge is 0.325 e. The third kappa shape index (κ3) is 3.02. The van der Waals surface area contributed by atoms with Crippen molar-refractivity contribution in [3.63, 3.8) is 0 Å². The number of aromatic nitrogens is 2. The van der Waals surface area contributed by atoms with E-state index in [9.17, 15) is 4.79 Å². The third-order valence-corrected chi connectivity index (χ3v) is 4.29. The molecule has 0 radical (unpaired) electrons. The molecule has 0 amide bonds. The highest BCUT2D eigenvalue weighted by molar-refractivity contribution is 5.80. The Morgan fingerprint density at radius 2 is 2.45 bits per heavy atom. The first-order valence-corrected chi connectivity index (χ1v) is 7.00. The van der Waals surface area contributed by atoms with E-state index in [0.717, 1.165) is 25.2 Å². The Balaban J connectivity index is 2.01. The van der Waals surface area contributed by atoms with Gasteiger partial charge in [-0.25, -0.2) is 4.98 Å². The molecule has 6 nitrogen and oxygen atoms in total. The number of carbonyl (C=O) groups excluding carboxylic acids is 1. The van der Waals surface area contributed by atoms with Crippen LogP contribution in [0.5, 0.6) is 0 Å². The van der Waals surface area contributed by atoms with Crippen LogP contribution in [0, 0.1) is 0 Å². The van der Waals surface area contributed by atoms with Crippen molar-refractivity contribution < 1.29 is 9.53 Å². The Bertz CT molecular complexity index is 473. The molecule has 2 unspecified atom stereocenters. The molecule has 1 heterocycles. The number of hydrogen-bond acceptors (Lipinski definition) is 5. The second-order valence-electron chi connectivity index (χ2n) is 5.77. The van der Waals surface area contributed by atoms with Gasteiger partial charge in [-0.3, -0.25) is 9.69 Å². The van der Waals surface area contributed by atoms with Gasteiger partial charge in [-0.05, 0) is 32.7 Å². The number of esters is 1. The number of aryl methyl sites for hydroxylation is 1. The van der Waals surface area contributed by atoms with Gasteiger partial charge in [0.25, 0.3) is 0 Å². The summed E-state index contributed by atoms with van der Waals surface area (Å²) in [6.45, 7) is 0.755. The van der Waals surface area contributed by atoms with Crippen LogP contribution in [0.4, 0.5) is 0 Å². The van der Waals surface area contributed by atoms with Gasteiger partial charge in [0, 0.05) is 25.5 Å². The molecule has 0 aliphatic heterocycles. The Kier molecular flexibility index (Phi) is 4.45. The summed E-state index contributed by atoms with van der Waals surface area (Å²) in [6, 6.07) is 0.282. The fraction of sp³-hybridized carbons (Fsp3) is 0.714. The average molecular weight is 280 g/mol. The van der Waals surface area contributed by atoms with Crippen LogP contribution in [0.25, 0.3) is 0 Å². The Hall–Kier alpha value is -1.40. The van der Waals surface area contributed by atoms with Gasteiger partial charge in [0.05, 0.1) is 13.7 Å². The lowest BCUT2D eigenvalue weighted by Gasteiger charge is -2.39. The maximum absolute atomic E-state index is 11.8. The number of hydrogen-bond donors (Lipinski definition) is 1. The zero-order chi connectivity index (χ0) is 14.8. The first kappa shape index (κ1) is 15.0. The molecule has 20 heavy (non-hydrogen) atoms. The van der Waals surface area contributed by atoms with Gasteiger partial charge in [0.2, 0.25) is 0 Å². The lowest BCUT2D eigenvalue weighted by molar-refractivity contribution is -0.149. The summed E-state index contributed by atoms with van der Waals surface area (Å²) >= 11 is 0. The van der Waals surface area contributed by atoms with Crippen molar-refractivity contribution in [1.29, 1.82) is 0 Å². The zero-order valence-corrected chi connectivity index (χ0v) is 12.5. The largest absolute Gasteiger partial charge is 0.468 e. The number of imidazole rings is 1. The third-order valence-electron chi connectivity index (χ3n) is 4.29. The minimum absolute atomic E-state index is 0.282. The summed E-state index contributed by atoms with van der Waals surface area (Å²) in [6.07, 6.45) is 7.07. The number of methoxy groups -OCH3 is 1. The van der Waals surface area contributed by atoms with E-state index in [4.69, 9.17) is 10.5 Å². The highest BCUT2D eigenvalue weighted by Crippen LogP contribution is 2.30. The van der Waals surface area contributed by atoms with E-state index in [1.54, 1.807) is 6.20 Å². The predicted molar refractivity (Wildman–Crippen MR) is 75.9 cm³/mol. The lowest BCUT2D eigenvalue weighted by Crippen LogP contribution is -2.55. The predicted octanol–water partition coefficient (Wildman–Crippen LogP) is 0.665. The number of carbonyl (C=O) groups is 1. The molecule has 112 valence electrons. The van der Waals surface area contributed by atoms with E-state index >= 15 is 0 Å². The first-order valence-electron chi connectivity index (χ1n) is 7.00. The van der Waals surface area contributed by atoms with Crippen LogP contribution in [-0.4, -0.2) is 46.2 Å². The molecule has 1 fully saturated rings. The minimum Gasteiger partial charge on any atom is -0.468 e. The van der Waals surface area contributed by atoms with Crippen molar-refractivity contribution in [1.82, 2.24) is 14.5 Å². The monoisotopic (exact) mass is 280 g/mol. The first-order chi connectivity index (χ1) is 9.46. The average Bonchev–Trinajstić information content (AvgIpc) is 2.83. The molecule has 1 aromatic rings. The highest BCUT2D eigenvalue weighted by Gasteiger charge is 2.41. The molecule has 0 spiro atoms. The number of ether oxygens (including phenoxy) is 1. The van der Waals surface area contributed by atoms with Crippen molar-refractivity contribution in [2.75, 3.05) is 14.2 Å². The van der Waals surface area contributed by atoms with Gasteiger partial charge >= 0.3 is 5.97 Å². The number of rotatable bonds is 4. The van der Waals surface area contributed by atoms with E-state index in [0.29, 0.717) is 12.8 Å². The van der Waals surface area contributed by atoms with E-state index in [2.05, 4.69) is 16.9 Å². The second-order valence-corrected chi connectivity index (χ2v) is 5.77. The van der Waals surface area contributed by atoms with Gasteiger partial charge in [-0.2, -0.15) is 0 Å². The molecule has 0 aromatic carbocycles. The van der Waals surface area contributed by atoms with Crippen molar-refractivity contribution >= 4 is 5.97 Å². The maximum atomic E-state index is 11.8. The van der Waals surface area contributed by atoms with Gasteiger partial charge in [0.15, 0.2) is 0 Å². The molecule has 2 rings (SSSR count). The van der Waals surface area contributed by atoms with E-state index in [1.807, 2.05) is 17.8 Å². The standard InChI is InChI=1S/C14H24N4O2/c1-17-8-7-16-12(17)10-18(2)11-5-4-6-14(15,9-11)13(19)20-3/h7-8,11H,4-6,9-10,15H2,1-3H3. The molecule has 6 heteroatoms. The number of nitrogens with zero attached hydrogens (tertiary/aromatic N) is 3. The second kappa shape index (κ2) is 5.93. The summed E-state index contributed by atoms with van der Waals surface area (Å²) in [4.78, 5) is 18.4. The molecule has 1 aromatic heterocycles. The van der Waals surface area contributed by atoms with Crippen LogP contribution in [0.1, 0.15) is 31.5 Å². The maximum Gasteiger partial charge on any atom is 0.325 e. The van der Waals surface area contributed by atoms with Crippen LogP contribution in [-0.2, 0) is 23.1 Å². The molecular formula is C14H24N4O2. The van der Waals surface area contributed by atoms with Crippen molar-refractivity contribution in [2.45, 2.75) is 43.8 Å². The molecule has 2 N–H and O–H groups in total. The summed E-state index contributed by atoms with van der Waals surface area (Å²) in [5, 5.41) is 0. The lowest BCUT2D eigenvalue weighted by atomic mass is 9.79. The van der Waals surface area contributed by atoms with E-state index in [1.165, 1.54) is 7.11 Å². The quantitative estimate of drug-likeness (QED) is 0.820. The topological polar surface area (TPSA) is 73.4 Å². The zero-order valence-electron chi connectivity index (χ0n) is 12.5. The fourth-order valence-electron chi connectivity index (χ4n) is 2.94. The summed E-state index contributed by atoms with van der Waals surface area (Å²) in [7, 11) is 5.44. The highest BCUT2D eigenvalue weighted by atomic mass is 16.5. The van der Waals surface area contributed by atoms with Crippen molar-refractivity contribution in [3.8, 4) is 0 Å². The molecule has 1 aliphatic rings. The van der Waals surface area contributed by atoms with Crippen molar-refractivity contribution in [3.05, 3.63) is 18.2 Å². The van der Waals surface area contributed by atoms with Gasteiger partial charge in [0.1, 0.15) is 11.4 Å². The normalized spacial score (nSPS) is 26.8. The SMILES string of the molecule is COC(=O)C1(N)CCCC(N(C)Cc2nccn2C)C1. The number of nitrogens with two attached hydrogens (primary N) is 1. The molecular weight excluding hydrogens is 256 g/mol.